The summed E-state index contributed by atoms with van der Waals surface area (Å²) < 4.78 is 0. The molecule has 0 radical (unpaired) electrons. The number of aryl methyl sites for hydroxylation is 1. The van der Waals surface area contributed by atoms with E-state index in [1.807, 2.05) is 0 Å². The van der Waals surface area contributed by atoms with Crippen molar-refractivity contribution in [2.75, 3.05) is 11.9 Å². The lowest BCUT2D eigenvalue weighted by molar-refractivity contribution is 0.835. The number of fused-ring (bicyclic) bond motifs is 3. The Morgan fingerprint density at radius 2 is 2.07 bits per heavy atom. The Morgan fingerprint density at radius 3 is 2.93 bits per heavy atom. The molecule has 2 heterocycles. The SMILES string of the molecule is Cl.Cl.c1nc2c3c(ccc2[nH]1)NCCC3. The van der Waals surface area contributed by atoms with E-state index in [1.165, 1.54) is 17.7 Å². The van der Waals surface area contributed by atoms with Crippen LogP contribution in [0.4, 0.5) is 5.69 Å². The number of H-pyrrole nitrogens is 1. The summed E-state index contributed by atoms with van der Waals surface area (Å²) in [4.78, 5) is 7.47. The van der Waals surface area contributed by atoms with Crippen molar-refractivity contribution in [1.29, 1.82) is 0 Å². The van der Waals surface area contributed by atoms with Crippen LogP contribution in [-0.4, -0.2) is 16.5 Å². The topological polar surface area (TPSA) is 40.7 Å². The van der Waals surface area contributed by atoms with Crippen LogP contribution in [0.1, 0.15) is 12.0 Å². The first-order chi connectivity index (χ1) is 6.45. The standard InChI is InChI=1S/C10H11N3.2ClH/c1-2-7-8(11-5-1)3-4-9-10(7)13-6-12-9;;/h3-4,6,11H,1-2,5H2,(H,12,13);2*1H. The monoisotopic (exact) mass is 245 g/mol. The molecule has 0 atom stereocenters. The van der Waals surface area contributed by atoms with Gasteiger partial charge in [-0.15, -0.1) is 24.8 Å². The molecule has 1 aromatic carbocycles. The lowest BCUT2D eigenvalue weighted by Crippen LogP contribution is -2.11. The average Bonchev–Trinajstić information content (AvgIpc) is 2.65. The second kappa shape index (κ2) is 4.73. The van der Waals surface area contributed by atoms with E-state index in [0.29, 0.717) is 0 Å². The lowest BCUT2D eigenvalue weighted by Gasteiger charge is -2.17. The first kappa shape index (κ1) is 12.1. The van der Waals surface area contributed by atoms with Crippen LogP contribution in [0.15, 0.2) is 18.5 Å². The van der Waals surface area contributed by atoms with Crippen LogP contribution >= 0.6 is 24.8 Å². The molecule has 5 heteroatoms. The quantitative estimate of drug-likeness (QED) is 0.750. The maximum absolute atomic E-state index is 4.34. The molecule has 3 nitrogen and oxygen atoms in total. The van der Waals surface area contributed by atoms with Crippen LogP contribution in [-0.2, 0) is 6.42 Å². The summed E-state index contributed by atoms with van der Waals surface area (Å²) in [5.74, 6) is 0. The number of hydrogen-bond acceptors (Lipinski definition) is 2. The van der Waals surface area contributed by atoms with Crippen molar-refractivity contribution >= 4 is 41.5 Å². The highest BCUT2D eigenvalue weighted by Crippen LogP contribution is 2.27. The first-order valence-electron chi connectivity index (χ1n) is 4.64. The van der Waals surface area contributed by atoms with Gasteiger partial charge in [0.15, 0.2) is 0 Å². The summed E-state index contributed by atoms with van der Waals surface area (Å²) in [6.07, 6.45) is 4.11. The Bertz CT molecular complexity index is 453. The molecule has 0 unspecified atom stereocenters. The number of imidazole rings is 1. The van der Waals surface area contributed by atoms with Crippen molar-refractivity contribution < 1.29 is 0 Å². The molecule has 0 saturated heterocycles. The maximum Gasteiger partial charge on any atom is 0.0935 e. The van der Waals surface area contributed by atoms with E-state index in [2.05, 4.69) is 27.4 Å². The zero-order valence-corrected chi connectivity index (χ0v) is 9.75. The van der Waals surface area contributed by atoms with Gasteiger partial charge in [0, 0.05) is 17.8 Å². The molecular weight excluding hydrogens is 233 g/mol. The minimum Gasteiger partial charge on any atom is -0.385 e. The predicted molar refractivity (Wildman–Crippen MR) is 67.4 cm³/mol. The third-order valence-electron chi connectivity index (χ3n) is 2.62. The fourth-order valence-electron chi connectivity index (χ4n) is 1.97. The average molecular weight is 246 g/mol. The highest BCUT2D eigenvalue weighted by molar-refractivity contribution is 5.86. The van der Waals surface area contributed by atoms with Crippen molar-refractivity contribution in [1.82, 2.24) is 9.97 Å². The normalized spacial score (nSPS) is 13.3. The third kappa shape index (κ3) is 1.90. The highest BCUT2D eigenvalue weighted by Gasteiger charge is 2.12. The number of nitrogens with zero attached hydrogens (tertiary/aromatic N) is 1. The second-order valence-electron chi connectivity index (χ2n) is 3.42. The van der Waals surface area contributed by atoms with Crippen molar-refractivity contribution in [3.8, 4) is 0 Å². The molecule has 3 rings (SSSR count). The second-order valence-corrected chi connectivity index (χ2v) is 3.42. The Labute approximate surface area is 100 Å². The van der Waals surface area contributed by atoms with Crippen LogP contribution in [0.5, 0.6) is 0 Å². The summed E-state index contributed by atoms with van der Waals surface area (Å²) in [5.41, 5.74) is 4.89. The van der Waals surface area contributed by atoms with E-state index in [1.54, 1.807) is 6.33 Å². The number of hydrogen-bond donors (Lipinski definition) is 2. The van der Waals surface area contributed by atoms with Gasteiger partial charge in [-0.2, -0.15) is 0 Å². The number of nitrogens with one attached hydrogen (secondary N) is 2. The molecule has 0 fully saturated rings. The van der Waals surface area contributed by atoms with Gasteiger partial charge >= 0.3 is 0 Å². The largest absolute Gasteiger partial charge is 0.385 e. The summed E-state index contributed by atoms with van der Waals surface area (Å²) in [7, 11) is 0. The van der Waals surface area contributed by atoms with E-state index in [-0.39, 0.29) is 24.8 Å². The van der Waals surface area contributed by atoms with Gasteiger partial charge in [-0.25, -0.2) is 4.98 Å². The minimum absolute atomic E-state index is 0. The van der Waals surface area contributed by atoms with Crippen LogP contribution in [0, 0.1) is 0 Å². The lowest BCUT2D eigenvalue weighted by atomic mass is 10.0. The fraction of sp³-hybridized carbons (Fsp3) is 0.300. The Morgan fingerprint density at radius 1 is 1.20 bits per heavy atom. The molecule has 0 aliphatic carbocycles. The predicted octanol–water partition coefficient (Wildman–Crippen LogP) is 2.76. The smallest absolute Gasteiger partial charge is 0.0935 e. The van der Waals surface area contributed by atoms with Crippen LogP contribution in [0.2, 0.25) is 0 Å². The van der Waals surface area contributed by atoms with E-state index >= 15 is 0 Å². The number of benzene rings is 1. The molecule has 0 bridgehead atoms. The van der Waals surface area contributed by atoms with Gasteiger partial charge in [0.1, 0.15) is 0 Å². The molecule has 2 aromatic rings. The zero-order chi connectivity index (χ0) is 8.67. The number of aromatic nitrogens is 2. The van der Waals surface area contributed by atoms with Gasteiger partial charge in [-0.3, -0.25) is 0 Å². The molecule has 2 N–H and O–H groups in total. The van der Waals surface area contributed by atoms with E-state index < -0.39 is 0 Å². The van der Waals surface area contributed by atoms with E-state index in [4.69, 9.17) is 0 Å². The van der Waals surface area contributed by atoms with Crippen LogP contribution < -0.4 is 5.32 Å². The van der Waals surface area contributed by atoms with E-state index in [9.17, 15) is 0 Å². The molecule has 15 heavy (non-hydrogen) atoms. The third-order valence-corrected chi connectivity index (χ3v) is 2.62. The van der Waals surface area contributed by atoms with Crippen molar-refractivity contribution in [3.05, 3.63) is 24.0 Å². The summed E-state index contributed by atoms with van der Waals surface area (Å²) in [6.45, 7) is 1.09. The summed E-state index contributed by atoms with van der Waals surface area (Å²) >= 11 is 0. The fourth-order valence-corrected chi connectivity index (χ4v) is 1.97. The molecule has 0 saturated carbocycles. The maximum atomic E-state index is 4.34. The molecule has 82 valence electrons. The Balaban J connectivity index is 0.000000562. The molecule has 0 spiro atoms. The highest BCUT2D eigenvalue weighted by atomic mass is 35.5. The number of halogens is 2. The molecule has 0 amide bonds. The van der Waals surface area contributed by atoms with Gasteiger partial charge < -0.3 is 10.3 Å². The van der Waals surface area contributed by atoms with Crippen LogP contribution in [0.25, 0.3) is 11.0 Å². The van der Waals surface area contributed by atoms with Gasteiger partial charge in [-0.1, -0.05) is 0 Å². The zero-order valence-electron chi connectivity index (χ0n) is 8.12. The first-order valence-corrected chi connectivity index (χ1v) is 4.64. The Kier molecular flexibility index (Phi) is 3.83. The number of aromatic amines is 1. The van der Waals surface area contributed by atoms with Crippen molar-refractivity contribution in [3.63, 3.8) is 0 Å². The molecule has 1 aliphatic rings. The van der Waals surface area contributed by atoms with Crippen molar-refractivity contribution in [2.45, 2.75) is 12.8 Å². The van der Waals surface area contributed by atoms with Crippen LogP contribution in [0.3, 0.4) is 0 Å². The summed E-state index contributed by atoms with van der Waals surface area (Å²) in [5, 5.41) is 3.39. The van der Waals surface area contributed by atoms with Gasteiger partial charge in [0.05, 0.1) is 17.4 Å². The molecule has 1 aromatic heterocycles. The number of anilines is 1. The van der Waals surface area contributed by atoms with Gasteiger partial charge in [0.25, 0.3) is 0 Å². The van der Waals surface area contributed by atoms with E-state index in [0.717, 1.165) is 24.0 Å². The summed E-state index contributed by atoms with van der Waals surface area (Å²) in [6, 6.07) is 4.22. The molecule has 1 aliphatic heterocycles. The van der Waals surface area contributed by atoms with Crippen molar-refractivity contribution in [2.24, 2.45) is 0 Å². The Hall–Kier alpha value is -0.930. The van der Waals surface area contributed by atoms with Gasteiger partial charge in [-0.05, 0) is 25.0 Å². The number of rotatable bonds is 0. The van der Waals surface area contributed by atoms with Gasteiger partial charge in [0.2, 0.25) is 0 Å². The minimum atomic E-state index is 0. The molecular formula is C10H13Cl2N3.